The number of hydrogen-bond acceptors (Lipinski definition) is 4. The Bertz CT molecular complexity index is 812. The van der Waals surface area contributed by atoms with E-state index in [2.05, 4.69) is 25.4 Å². The first-order valence-corrected chi connectivity index (χ1v) is 7.03. The fraction of sp³-hybridized carbons (Fsp3) is 0.133. The highest BCUT2D eigenvalue weighted by molar-refractivity contribution is 5.73. The molecule has 1 aromatic carbocycles. The fourth-order valence-corrected chi connectivity index (χ4v) is 2.02. The summed E-state index contributed by atoms with van der Waals surface area (Å²) in [5.41, 5.74) is 0.776. The highest BCUT2D eigenvalue weighted by Gasteiger charge is 2.12. The first kappa shape index (κ1) is 15.7. The lowest BCUT2D eigenvalue weighted by Gasteiger charge is -2.05. The normalized spacial score (nSPS) is 10.6. The molecule has 2 amide bonds. The van der Waals surface area contributed by atoms with Gasteiger partial charge in [0, 0.05) is 12.3 Å². The van der Waals surface area contributed by atoms with Crippen molar-refractivity contribution in [3.63, 3.8) is 0 Å². The second-order valence-corrected chi connectivity index (χ2v) is 4.85. The van der Waals surface area contributed by atoms with E-state index in [0.29, 0.717) is 11.4 Å². The van der Waals surface area contributed by atoms with Crippen molar-refractivity contribution in [3.05, 3.63) is 65.8 Å². The predicted octanol–water partition coefficient (Wildman–Crippen LogP) is 2.14. The zero-order valence-corrected chi connectivity index (χ0v) is 12.4. The summed E-state index contributed by atoms with van der Waals surface area (Å²) in [7, 11) is 0. The van der Waals surface area contributed by atoms with Gasteiger partial charge >= 0.3 is 6.03 Å². The minimum Gasteiger partial charge on any atom is -0.364 e. The maximum Gasteiger partial charge on any atom is 0.315 e. The molecule has 0 aliphatic heterocycles. The molecule has 0 saturated heterocycles. The number of amides is 2. The third-order valence-corrected chi connectivity index (χ3v) is 3.16. The summed E-state index contributed by atoms with van der Waals surface area (Å²) in [5.74, 6) is -1.44. The van der Waals surface area contributed by atoms with Crippen molar-refractivity contribution < 1.29 is 18.1 Å². The van der Waals surface area contributed by atoms with Gasteiger partial charge < -0.3 is 15.2 Å². The molecule has 0 aliphatic rings. The van der Waals surface area contributed by atoms with Crippen molar-refractivity contribution >= 4 is 6.03 Å². The number of nitrogens with one attached hydrogen (secondary N) is 2. The van der Waals surface area contributed by atoms with E-state index in [4.69, 9.17) is 0 Å². The molecule has 3 rings (SSSR count). The van der Waals surface area contributed by atoms with Crippen molar-refractivity contribution in [2.45, 2.75) is 13.1 Å². The Morgan fingerprint density at radius 2 is 1.79 bits per heavy atom. The van der Waals surface area contributed by atoms with Gasteiger partial charge in [-0.25, -0.2) is 18.3 Å². The summed E-state index contributed by atoms with van der Waals surface area (Å²) in [6.07, 6.45) is 2.83. The van der Waals surface area contributed by atoms with Crippen LogP contribution in [0.25, 0.3) is 5.69 Å². The van der Waals surface area contributed by atoms with Crippen molar-refractivity contribution in [1.29, 1.82) is 0 Å². The molecule has 2 N–H and O–H groups in total. The van der Waals surface area contributed by atoms with Crippen LogP contribution < -0.4 is 10.6 Å². The fourth-order valence-electron chi connectivity index (χ4n) is 2.02. The third-order valence-electron chi connectivity index (χ3n) is 3.16. The molecule has 0 unspecified atom stereocenters. The first-order valence-electron chi connectivity index (χ1n) is 7.03. The zero-order chi connectivity index (χ0) is 16.9. The second kappa shape index (κ2) is 6.90. The van der Waals surface area contributed by atoms with Crippen LogP contribution in [0.2, 0.25) is 0 Å². The molecule has 2 aromatic heterocycles. The van der Waals surface area contributed by atoms with Gasteiger partial charge in [0.15, 0.2) is 11.6 Å². The van der Waals surface area contributed by atoms with Crippen LogP contribution in [0.4, 0.5) is 13.6 Å². The number of benzene rings is 1. The number of rotatable bonds is 5. The number of nitrogens with zero attached hydrogens (tertiary/aromatic N) is 3. The van der Waals surface area contributed by atoms with E-state index in [0.717, 1.165) is 16.8 Å². The quantitative estimate of drug-likeness (QED) is 0.749. The Labute approximate surface area is 135 Å². The van der Waals surface area contributed by atoms with E-state index >= 15 is 0 Å². The number of aromatic nitrogens is 3. The molecule has 7 nitrogen and oxygen atoms in total. The van der Waals surface area contributed by atoms with Crippen molar-refractivity contribution in [2.75, 3.05) is 0 Å². The molecule has 0 spiro atoms. The maximum absolute atomic E-state index is 13.7. The van der Waals surface area contributed by atoms with Crippen LogP contribution in [0.15, 0.2) is 47.3 Å². The van der Waals surface area contributed by atoms with Crippen LogP contribution in [0.3, 0.4) is 0 Å². The van der Waals surface area contributed by atoms with Gasteiger partial charge in [-0.2, -0.15) is 5.10 Å². The standard InChI is InChI=1S/C15H13F2N5O2/c16-12-2-1-3-13(17)14(12)22-6-4-10(20-22)8-18-15(23)19-9-11-5-7-24-21-11/h1-7H,8-9H2,(H2,18,19,23). The average Bonchev–Trinajstić information content (AvgIpc) is 3.23. The summed E-state index contributed by atoms with van der Waals surface area (Å²) < 4.78 is 33.1. The van der Waals surface area contributed by atoms with E-state index in [9.17, 15) is 13.6 Å². The molecular formula is C15H13F2N5O2. The second-order valence-electron chi connectivity index (χ2n) is 4.85. The lowest BCUT2D eigenvalue weighted by atomic mass is 10.3. The smallest absolute Gasteiger partial charge is 0.315 e. The maximum atomic E-state index is 13.7. The summed E-state index contributed by atoms with van der Waals surface area (Å²) in [4.78, 5) is 11.7. The van der Waals surface area contributed by atoms with E-state index < -0.39 is 17.7 Å². The summed E-state index contributed by atoms with van der Waals surface area (Å²) in [5, 5.41) is 12.9. The summed E-state index contributed by atoms with van der Waals surface area (Å²) in [6.45, 7) is 0.324. The molecule has 124 valence electrons. The minimum absolute atomic E-state index is 0.105. The van der Waals surface area contributed by atoms with Gasteiger partial charge in [0.2, 0.25) is 0 Å². The van der Waals surface area contributed by atoms with Crippen LogP contribution in [0.1, 0.15) is 11.4 Å². The van der Waals surface area contributed by atoms with E-state index in [1.54, 1.807) is 12.1 Å². The molecule has 3 aromatic rings. The highest BCUT2D eigenvalue weighted by atomic mass is 19.1. The number of halogens is 2. The Kier molecular flexibility index (Phi) is 4.50. The largest absolute Gasteiger partial charge is 0.364 e. The lowest BCUT2D eigenvalue weighted by Crippen LogP contribution is -2.34. The number of carbonyl (C=O) groups is 1. The monoisotopic (exact) mass is 333 g/mol. The number of hydrogen-bond donors (Lipinski definition) is 2. The summed E-state index contributed by atoms with van der Waals surface area (Å²) in [6, 6.07) is 6.34. The number of urea groups is 1. The third kappa shape index (κ3) is 3.57. The van der Waals surface area contributed by atoms with E-state index in [1.807, 2.05) is 0 Å². The Hall–Kier alpha value is -3.23. The van der Waals surface area contributed by atoms with E-state index in [1.165, 1.54) is 18.5 Å². The lowest BCUT2D eigenvalue weighted by molar-refractivity contribution is 0.239. The van der Waals surface area contributed by atoms with Gasteiger partial charge in [0.1, 0.15) is 17.6 Å². The first-order chi connectivity index (χ1) is 11.6. The molecular weight excluding hydrogens is 320 g/mol. The number of para-hydroxylation sites is 1. The van der Waals surface area contributed by atoms with Crippen molar-refractivity contribution in [2.24, 2.45) is 0 Å². The van der Waals surface area contributed by atoms with Crippen molar-refractivity contribution in [3.8, 4) is 5.69 Å². The zero-order valence-electron chi connectivity index (χ0n) is 12.4. The summed E-state index contributed by atoms with van der Waals surface area (Å²) >= 11 is 0. The van der Waals surface area contributed by atoms with Gasteiger partial charge in [-0.1, -0.05) is 11.2 Å². The molecule has 0 fully saturated rings. The number of carbonyl (C=O) groups excluding carboxylic acids is 1. The Balaban J connectivity index is 1.57. The molecule has 0 bridgehead atoms. The molecule has 0 saturated carbocycles. The Morgan fingerprint density at radius 3 is 2.46 bits per heavy atom. The predicted molar refractivity (Wildman–Crippen MR) is 79.1 cm³/mol. The molecule has 9 heteroatoms. The van der Waals surface area contributed by atoms with Crippen LogP contribution >= 0.6 is 0 Å². The molecule has 0 radical (unpaired) electrons. The SMILES string of the molecule is O=C(NCc1ccon1)NCc1ccn(-c2c(F)cccc2F)n1. The molecule has 0 aliphatic carbocycles. The van der Waals surface area contributed by atoms with Gasteiger partial charge in [0.05, 0.1) is 18.8 Å². The van der Waals surface area contributed by atoms with Gasteiger partial charge in [-0.05, 0) is 18.2 Å². The van der Waals surface area contributed by atoms with Gasteiger partial charge in [-0.15, -0.1) is 0 Å². The highest BCUT2D eigenvalue weighted by Crippen LogP contribution is 2.16. The van der Waals surface area contributed by atoms with Crippen molar-refractivity contribution in [1.82, 2.24) is 25.6 Å². The van der Waals surface area contributed by atoms with Gasteiger partial charge in [-0.3, -0.25) is 0 Å². The Morgan fingerprint density at radius 1 is 1.08 bits per heavy atom. The minimum atomic E-state index is -0.719. The molecule has 2 heterocycles. The van der Waals surface area contributed by atoms with Gasteiger partial charge in [0.25, 0.3) is 0 Å². The van der Waals surface area contributed by atoms with Crippen LogP contribution in [-0.2, 0) is 13.1 Å². The molecule has 24 heavy (non-hydrogen) atoms. The molecule has 0 atom stereocenters. The van der Waals surface area contributed by atoms with Crippen LogP contribution in [0.5, 0.6) is 0 Å². The topological polar surface area (TPSA) is 85.0 Å². The van der Waals surface area contributed by atoms with Crippen LogP contribution in [0, 0.1) is 11.6 Å². The average molecular weight is 333 g/mol. The van der Waals surface area contributed by atoms with E-state index in [-0.39, 0.29) is 18.8 Å². The van der Waals surface area contributed by atoms with Crippen LogP contribution in [-0.4, -0.2) is 21.0 Å².